The van der Waals surface area contributed by atoms with Gasteiger partial charge in [0.1, 0.15) is 11.5 Å². The number of rotatable bonds is 3. The number of allylic oxidation sites excluding steroid dienone is 2. The molecule has 2 aromatic rings. The van der Waals surface area contributed by atoms with Gasteiger partial charge in [-0.25, -0.2) is 0 Å². The number of ether oxygens (including phenoxy) is 1. The minimum absolute atomic E-state index is 0.0522. The molecule has 0 N–H and O–H groups in total. The van der Waals surface area contributed by atoms with E-state index < -0.39 is 0 Å². The lowest BCUT2D eigenvalue weighted by atomic mass is 9.85. The van der Waals surface area contributed by atoms with Gasteiger partial charge < -0.3 is 4.74 Å². The Bertz CT molecular complexity index is 842. The third-order valence-electron chi connectivity index (χ3n) is 5.54. The Morgan fingerprint density at radius 2 is 1.32 bits per heavy atom. The first-order valence-electron chi connectivity index (χ1n) is 8.61. The molecule has 1 heterocycles. The van der Waals surface area contributed by atoms with Gasteiger partial charge in [-0.2, -0.15) is 0 Å². The number of hydrogen-bond donors (Lipinski definition) is 0. The van der Waals surface area contributed by atoms with Crippen LogP contribution in [0, 0.1) is 23.7 Å². The molecule has 1 aliphatic heterocycles. The molecule has 3 aliphatic rings. The number of imide groups is 1. The van der Waals surface area contributed by atoms with E-state index in [2.05, 4.69) is 12.2 Å². The molecule has 2 aliphatic carbocycles. The van der Waals surface area contributed by atoms with Crippen molar-refractivity contribution < 1.29 is 14.3 Å². The molecule has 4 heteroatoms. The van der Waals surface area contributed by atoms with Crippen molar-refractivity contribution in [1.82, 2.24) is 0 Å². The molecule has 4 nitrogen and oxygen atoms in total. The highest BCUT2D eigenvalue weighted by Crippen LogP contribution is 2.53. The molecule has 4 atom stereocenters. The number of benzene rings is 2. The van der Waals surface area contributed by atoms with E-state index in [0.717, 1.165) is 12.2 Å². The van der Waals surface area contributed by atoms with Gasteiger partial charge in [-0.1, -0.05) is 30.4 Å². The van der Waals surface area contributed by atoms with E-state index in [4.69, 9.17) is 4.74 Å². The maximum Gasteiger partial charge on any atom is 0.238 e. The highest BCUT2D eigenvalue weighted by Gasteiger charge is 2.59. The summed E-state index contributed by atoms with van der Waals surface area (Å²) in [6.07, 6.45) is 5.17. The van der Waals surface area contributed by atoms with Crippen molar-refractivity contribution in [2.24, 2.45) is 23.7 Å². The van der Waals surface area contributed by atoms with E-state index in [1.54, 1.807) is 24.3 Å². The summed E-state index contributed by atoms with van der Waals surface area (Å²) < 4.78 is 5.77. The Morgan fingerprint density at radius 1 is 0.760 bits per heavy atom. The quantitative estimate of drug-likeness (QED) is 0.635. The van der Waals surface area contributed by atoms with Crippen LogP contribution in [0.3, 0.4) is 0 Å². The first-order valence-corrected chi connectivity index (χ1v) is 8.61. The summed E-state index contributed by atoms with van der Waals surface area (Å²) in [5, 5.41) is 0. The maximum absolute atomic E-state index is 12.8. The second-order valence-corrected chi connectivity index (χ2v) is 6.92. The number of para-hydroxylation sites is 1. The van der Waals surface area contributed by atoms with Crippen molar-refractivity contribution in [3.8, 4) is 11.5 Å². The fourth-order valence-corrected chi connectivity index (χ4v) is 4.44. The van der Waals surface area contributed by atoms with Crippen LogP contribution in [0.25, 0.3) is 0 Å². The molecule has 5 rings (SSSR count). The third kappa shape index (κ3) is 2.14. The largest absolute Gasteiger partial charge is 0.457 e. The van der Waals surface area contributed by atoms with Crippen molar-refractivity contribution in [2.45, 2.75) is 6.42 Å². The molecule has 1 saturated heterocycles. The SMILES string of the molecule is O=C1[C@H]2[C@H](C(=O)N1c1ccc(Oc3ccccc3)cc1)[C@H]1C=C[C@H]2C1. The number of fused-ring (bicyclic) bond motifs is 5. The first kappa shape index (κ1) is 14.5. The van der Waals surface area contributed by atoms with Crippen molar-refractivity contribution in [1.29, 1.82) is 0 Å². The third-order valence-corrected chi connectivity index (χ3v) is 5.54. The molecule has 2 bridgehead atoms. The summed E-state index contributed by atoms with van der Waals surface area (Å²) in [6, 6.07) is 16.7. The predicted octanol–water partition coefficient (Wildman–Crippen LogP) is 3.79. The molecule has 2 fully saturated rings. The number of carbonyl (C=O) groups excluding carboxylic acids is 2. The van der Waals surface area contributed by atoms with Gasteiger partial charge >= 0.3 is 0 Å². The van der Waals surface area contributed by atoms with Crippen LogP contribution in [-0.4, -0.2) is 11.8 Å². The minimum Gasteiger partial charge on any atom is -0.457 e. The van der Waals surface area contributed by atoms with Gasteiger partial charge in [0.25, 0.3) is 0 Å². The van der Waals surface area contributed by atoms with Crippen LogP contribution in [0.5, 0.6) is 11.5 Å². The van der Waals surface area contributed by atoms with Crippen molar-refractivity contribution in [2.75, 3.05) is 4.90 Å². The van der Waals surface area contributed by atoms with Gasteiger partial charge in [0.05, 0.1) is 17.5 Å². The molecule has 0 aromatic heterocycles. The highest BCUT2D eigenvalue weighted by molar-refractivity contribution is 6.22. The lowest BCUT2D eigenvalue weighted by Gasteiger charge is -2.17. The molecule has 25 heavy (non-hydrogen) atoms. The normalized spacial score (nSPS) is 29.4. The highest BCUT2D eigenvalue weighted by atomic mass is 16.5. The Morgan fingerprint density at radius 3 is 1.92 bits per heavy atom. The van der Waals surface area contributed by atoms with Crippen LogP contribution in [0.1, 0.15) is 6.42 Å². The predicted molar refractivity (Wildman–Crippen MR) is 93.2 cm³/mol. The van der Waals surface area contributed by atoms with Crippen LogP contribution in [0.4, 0.5) is 5.69 Å². The second kappa shape index (κ2) is 5.31. The zero-order chi connectivity index (χ0) is 17.0. The van der Waals surface area contributed by atoms with Crippen molar-refractivity contribution >= 4 is 17.5 Å². The Balaban J connectivity index is 1.39. The first-order chi connectivity index (χ1) is 12.2. The number of anilines is 1. The minimum atomic E-state index is -0.164. The molecule has 0 unspecified atom stereocenters. The van der Waals surface area contributed by atoms with E-state index in [9.17, 15) is 9.59 Å². The summed E-state index contributed by atoms with van der Waals surface area (Å²) in [4.78, 5) is 27.0. The van der Waals surface area contributed by atoms with E-state index in [1.165, 1.54) is 4.90 Å². The van der Waals surface area contributed by atoms with Gasteiger partial charge in [-0.3, -0.25) is 14.5 Å². The molecule has 1 saturated carbocycles. The second-order valence-electron chi connectivity index (χ2n) is 6.92. The zero-order valence-electron chi connectivity index (χ0n) is 13.5. The lowest BCUT2D eigenvalue weighted by molar-refractivity contribution is -0.123. The zero-order valence-corrected chi connectivity index (χ0v) is 13.5. The lowest BCUT2D eigenvalue weighted by Crippen LogP contribution is -2.32. The van der Waals surface area contributed by atoms with Gasteiger partial charge in [-0.15, -0.1) is 0 Å². The molecule has 2 amide bonds. The molecule has 2 aromatic carbocycles. The van der Waals surface area contributed by atoms with Crippen LogP contribution in [0.2, 0.25) is 0 Å². The Hall–Kier alpha value is -2.88. The van der Waals surface area contributed by atoms with Crippen LogP contribution in [-0.2, 0) is 9.59 Å². The summed E-state index contributed by atoms with van der Waals surface area (Å²) in [6.45, 7) is 0. The number of amides is 2. The van der Waals surface area contributed by atoms with Gasteiger partial charge in [0.2, 0.25) is 11.8 Å². The van der Waals surface area contributed by atoms with Crippen molar-refractivity contribution in [3.05, 3.63) is 66.7 Å². The number of hydrogen-bond acceptors (Lipinski definition) is 3. The molecular formula is C21H17NO3. The van der Waals surface area contributed by atoms with Crippen LogP contribution in [0.15, 0.2) is 66.7 Å². The number of nitrogens with zero attached hydrogens (tertiary/aromatic N) is 1. The van der Waals surface area contributed by atoms with E-state index in [1.807, 2.05) is 30.3 Å². The molecular weight excluding hydrogens is 314 g/mol. The maximum atomic E-state index is 12.8. The van der Waals surface area contributed by atoms with Gasteiger partial charge in [0.15, 0.2) is 0 Å². The summed E-state index contributed by atoms with van der Waals surface area (Å²) in [5.41, 5.74) is 0.629. The van der Waals surface area contributed by atoms with Crippen LogP contribution < -0.4 is 9.64 Å². The van der Waals surface area contributed by atoms with E-state index in [0.29, 0.717) is 11.4 Å². The topological polar surface area (TPSA) is 46.6 Å². The fraction of sp³-hybridized carbons (Fsp3) is 0.238. The van der Waals surface area contributed by atoms with Gasteiger partial charge in [-0.05, 0) is 54.7 Å². The molecule has 0 radical (unpaired) electrons. The molecule has 0 spiro atoms. The Kier molecular flexibility index (Phi) is 3.07. The Labute approximate surface area is 145 Å². The average molecular weight is 331 g/mol. The monoisotopic (exact) mass is 331 g/mol. The van der Waals surface area contributed by atoms with E-state index >= 15 is 0 Å². The van der Waals surface area contributed by atoms with Crippen LogP contribution >= 0.6 is 0 Å². The number of carbonyl (C=O) groups is 2. The average Bonchev–Trinajstić information content (AvgIpc) is 3.31. The smallest absolute Gasteiger partial charge is 0.238 e. The standard InChI is InChI=1S/C21H17NO3/c23-20-18-13-6-7-14(12-13)19(18)21(24)22(20)15-8-10-17(11-9-15)25-16-4-2-1-3-5-16/h1-11,13-14,18-19H,12H2/t13-,14-,18+,19+/m0/s1. The summed E-state index contributed by atoms with van der Waals surface area (Å²) in [5.74, 6) is 1.46. The van der Waals surface area contributed by atoms with E-state index in [-0.39, 0.29) is 35.5 Å². The van der Waals surface area contributed by atoms with Crippen molar-refractivity contribution in [3.63, 3.8) is 0 Å². The molecule has 124 valence electrons. The summed E-state index contributed by atoms with van der Waals surface area (Å²) in [7, 11) is 0. The summed E-state index contributed by atoms with van der Waals surface area (Å²) >= 11 is 0. The van der Waals surface area contributed by atoms with Gasteiger partial charge in [0, 0.05) is 0 Å². The fourth-order valence-electron chi connectivity index (χ4n) is 4.44.